The Morgan fingerprint density at radius 3 is 2.18 bits per heavy atom. The number of hydrogen-bond donors (Lipinski definition) is 1. The highest BCUT2D eigenvalue weighted by Crippen LogP contribution is 2.31. The largest absolute Gasteiger partial charge is 0.741 e. The van der Waals surface area contributed by atoms with Gasteiger partial charge < -0.3 is 24.1 Å². The fourth-order valence-electron chi connectivity index (χ4n) is 2.68. The summed E-state index contributed by atoms with van der Waals surface area (Å²) in [5, 5.41) is 3.69. The van der Waals surface area contributed by atoms with Gasteiger partial charge in [-0.15, -0.1) is 0 Å². The number of hydrogen-bond acceptors (Lipinski definition) is 8. The zero-order valence-electron chi connectivity index (χ0n) is 18.9. The molecule has 34 heavy (non-hydrogen) atoms. The number of halogens is 3. The molecule has 190 valence electrons. The van der Waals surface area contributed by atoms with E-state index in [-0.39, 0.29) is 18.3 Å². The van der Waals surface area contributed by atoms with Crippen LogP contribution in [0.2, 0.25) is 0 Å². The molecule has 1 N–H and O–H groups in total. The molecule has 0 saturated carbocycles. The van der Waals surface area contributed by atoms with E-state index in [1.807, 2.05) is 23.7 Å². The van der Waals surface area contributed by atoms with E-state index >= 15 is 0 Å². The normalized spacial score (nSPS) is 11.3. The lowest BCUT2D eigenvalue weighted by Crippen LogP contribution is -2.33. The highest BCUT2D eigenvalue weighted by Gasteiger charge is 2.36. The zero-order valence-corrected chi connectivity index (χ0v) is 19.7. The number of methoxy groups -OCH3 is 2. The number of nitrogens with zero attached hydrogens (tertiary/aromatic N) is 1. The van der Waals surface area contributed by atoms with Gasteiger partial charge in [-0.2, -0.15) is 13.2 Å². The molecule has 1 heterocycles. The van der Waals surface area contributed by atoms with Crippen LogP contribution in [0.1, 0.15) is 30.1 Å². The first-order valence-electron chi connectivity index (χ1n) is 9.76. The van der Waals surface area contributed by atoms with Crippen molar-refractivity contribution in [2.45, 2.75) is 25.3 Å². The number of pyridine rings is 1. The van der Waals surface area contributed by atoms with Gasteiger partial charge in [0.05, 0.1) is 32.3 Å². The number of aryl methyl sites for hydroxylation is 1. The average molecular weight is 510 g/mol. The Labute approximate surface area is 194 Å². The van der Waals surface area contributed by atoms with Gasteiger partial charge in [-0.1, -0.05) is 0 Å². The van der Waals surface area contributed by atoms with Crippen LogP contribution in [0.25, 0.3) is 10.9 Å². The van der Waals surface area contributed by atoms with Crippen molar-refractivity contribution in [2.24, 2.45) is 7.05 Å². The Morgan fingerprint density at radius 1 is 1.12 bits per heavy atom. The Morgan fingerprint density at radius 2 is 1.68 bits per heavy atom. The molecule has 0 radical (unpaired) electrons. The van der Waals surface area contributed by atoms with Crippen LogP contribution in [0.3, 0.4) is 0 Å². The van der Waals surface area contributed by atoms with Crippen molar-refractivity contribution in [2.75, 3.05) is 27.4 Å². The van der Waals surface area contributed by atoms with Gasteiger partial charge in [0.15, 0.2) is 27.8 Å². The molecule has 0 aliphatic rings. The van der Waals surface area contributed by atoms with E-state index in [9.17, 15) is 22.8 Å². The van der Waals surface area contributed by atoms with Crippen LogP contribution in [0.5, 0.6) is 11.5 Å². The van der Waals surface area contributed by atoms with Crippen LogP contribution >= 0.6 is 0 Å². The fourth-order valence-corrected chi connectivity index (χ4v) is 2.68. The molecule has 0 spiro atoms. The SMILES string of the molecule is CCOC(=O)CCCNC(=O)c1cc2cc(OC)c(OC)cc2[n+](C)c1.O=S(=O)([O-])C(F)(F)F. The number of fused-ring (bicyclic) bond motifs is 1. The van der Waals surface area contributed by atoms with Crippen LogP contribution in [-0.2, 0) is 26.7 Å². The third kappa shape index (κ3) is 8.33. The van der Waals surface area contributed by atoms with Crippen molar-refractivity contribution < 1.29 is 54.5 Å². The van der Waals surface area contributed by atoms with E-state index in [0.29, 0.717) is 36.6 Å². The predicted octanol–water partition coefficient (Wildman–Crippen LogP) is 1.81. The summed E-state index contributed by atoms with van der Waals surface area (Å²) in [7, 11) is -1.07. The van der Waals surface area contributed by atoms with Crippen LogP contribution in [-0.4, -0.2) is 57.7 Å². The molecule has 0 fully saturated rings. The van der Waals surface area contributed by atoms with Crippen LogP contribution in [0.15, 0.2) is 24.4 Å². The second-order valence-corrected chi connectivity index (χ2v) is 8.04. The number of esters is 1. The van der Waals surface area contributed by atoms with Crippen molar-refractivity contribution in [1.29, 1.82) is 0 Å². The van der Waals surface area contributed by atoms with Crippen molar-refractivity contribution in [1.82, 2.24) is 5.32 Å². The molecule has 0 saturated heterocycles. The summed E-state index contributed by atoms with van der Waals surface area (Å²) in [5.41, 5.74) is -4.20. The quantitative estimate of drug-likeness (QED) is 0.187. The van der Waals surface area contributed by atoms with E-state index in [4.69, 9.17) is 27.2 Å². The van der Waals surface area contributed by atoms with Crippen molar-refractivity contribution >= 4 is 32.9 Å². The first kappa shape index (κ1) is 28.9. The lowest BCUT2D eigenvalue weighted by atomic mass is 10.1. The van der Waals surface area contributed by atoms with E-state index < -0.39 is 15.6 Å². The first-order valence-corrected chi connectivity index (χ1v) is 11.2. The maximum atomic E-state index is 12.4. The van der Waals surface area contributed by atoms with E-state index in [1.54, 1.807) is 33.4 Å². The van der Waals surface area contributed by atoms with E-state index in [2.05, 4.69) is 5.32 Å². The van der Waals surface area contributed by atoms with Gasteiger partial charge in [0.2, 0.25) is 5.52 Å². The average Bonchev–Trinajstić information content (AvgIpc) is 2.74. The molecule has 14 heteroatoms. The Hall–Kier alpha value is -3.13. The van der Waals surface area contributed by atoms with Gasteiger partial charge >= 0.3 is 11.5 Å². The van der Waals surface area contributed by atoms with Crippen LogP contribution in [0.4, 0.5) is 13.2 Å². The highest BCUT2D eigenvalue weighted by molar-refractivity contribution is 7.86. The minimum absolute atomic E-state index is 0.193. The number of alkyl halides is 3. The molecule has 0 unspecified atom stereocenters. The molecule has 1 amide bonds. The first-order chi connectivity index (χ1) is 15.7. The number of carbonyl (C=O) groups excluding carboxylic acids is 2. The van der Waals surface area contributed by atoms with Gasteiger partial charge in [-0.25, -0.2) is 13.0 Å². The molecule has 1 aromatic heterocycles. The number of rotatable bonds is 8. The standard InChI is InChI=1S/C19H24N2O5.CHF3O3S/c1-5-26-18(22)7-6-8-20-19(23)14-9-13-10-16(24-3)17(25-4)11-15(13)21(2)12-14;2-1(3,4)8(5,6)7/h9-12H,5-8H2,1-4H3;(H,5,6,7). The number of amides is 1. The van der Waals surface area contributed by atoms with E-state index in [1.165, 1.54) is 0 Å². The fraction of sp³-hybridized carbons (Fsp3) is 0.450. The van der Waals surface area contributed by atoms with Crippen molar-refractivity contribution in [3.05, 3.63) is 30.0 Å². The summed E-state index contributed by atoms with van der Waals surface area (Å²) in [5.74, 6) is 0.791. The zero-order chi connectivity index (χ0) is 26.1. The predicted molar refractivity (Wildman–Crippen MR) is 112 cm³/mol. The number of carbonyl (C=O) groups is 2. The van der Waals surface area contributed by atoms with Crippen molar-refractivity contribution in [3.8, 4) is 11.5 Å². The second kappa shape index (κ2) is 12.4. The number of nitrogens with one attached hydrogen (secondary N) is 1. The second-order valence-electron chi connectivity index (χ2n) is 6.67. The topological polar surface area (TPSA) is 135 Å². The Balaban J connectivity index is 0.000000620. The molecule has 10 nitrogen and oxygen atoms in total. The Kier molecular flexibility index (Phi) is 10.5. The van der Waals surface area contributed by atoms with Gasteiger partial charge in [0.25, 0.3) is 5.91 Å². The summed E-state index contributed by atoms with van der Waals surface area (Å²) >= 11 is 0. The molecular formula is C20H25F3N2O8S. The molecular weight excluding hydrogens is 485 g/mol. The number of ether oxygens (including phenoxy) is 3. The molecule has 0 aliphatic heterocycles. The maximum absolute atomic E-state index is 12.4. The maximum Gasteiger partial charge on any atom is 0.485 e. The summed E-state index contributed by atoms with van der Waals surface area (Å²) in [6, 6.07) is 5.51. The molecule has 0 atom stereocenters. The Bertz CT molecular complexity index is 1120. The van der Waals surface area contributed by atoms with E-state index in [0.717, 1.165) is 10.9 Å². The van der Waals surface area contributed by atoms with Crippen LogP contribution in [0, 0.1) is 0 Å². The van der Waals surface area contributed by atoms with Gasteiger partial charge in [-0.05, 0) is 25.5 Å². The molecule has 2 aromatic rings. The number of benzene rings is 1. The summed E-state index contributed by atoms with van der Waals surface area (Å²) in [4.78, 5) is 23.7. The van der Waals surface area contributed by atoms with Gasteiger partial charge in [0, 0.05) is 13.0 Å². The minimum Gasteiger partial charge on any atom is -0.741 e. The lowest BCUT2D eigenvalue weighted by Gasteiger charge is -2.09. The molecule has 2 rings (SSSR count). The summed E-state index contributed by atoms with van der Waals surface area (Å²) in [6.45, 7) is 2.54. The third-order valence-electron chi connectivity index (χ3n) is 4.25. The van der Waals surface area contributed by atoms with Gasteiger partial charge in [-0.3, -0.25) is 9.59 Å². The summed E-state index contributed by atoms with van der Waals surface area (Å²) < 4.78 is 76.3. The minimum atomic E-state index is -6.09. The number of aromatic nitrogens is 1. The monoisotopic (exact) mass is 510 g/mol. The lowest BCUT2D eigenvalue weighted by molar-refractivity contribution is -0.645. The van der Waals surface area contributed by atoms with Crippen LogP contribution < -0.4 is 19.4 Å². The van der Waals surface area contributed by atoms with Gasteiger partial charge in [0.1, 0.15) is 12.6 Å². The summed E-state index contributed by atoms with van der Waals surface area (Å²) in [6.07, 6.45) is 2.58. The molecule has 0 aliphatic carbocycles. The van der Waals surface area contributed by atoms with Crippen molar-refractivity contribution in [3.63, 3.8) is 0 Å². The smallest absolute Gasteiger partial charge is 0.485 e. The molecule has 0 bridgehead atoms. The highest BCUT2D eigenvalue weighted by atomic mass is 32.2. The molecule has 1 aromatic carbocycles. The third-order valence-corrected chi connectivity index (χ3v) is 4.82.